The highest BCUT2D eigenvalue weighted by atomic mass is 14.1. The Morgan fingerprint density at radius 1 is 1.00 bits per heavy atom. The Bertz CT molecular complexity index is 509. The second-order valence-electron chi connectivity index (χ2n) is 4.25. The molecule has 0 radical (unpaired) electrons. The van der Waals surface area contributed by atoms with Gasteiger partial charge in [0.25, 0.3) is 0 Å². The minimum Gasteiger partial charge on any atom is -0.0985 e. The van der Waals surface area contributed by atoms with Crippen molar-refractivity contribution in [1.82, 2.24) is 0 Å². The molecule has 0 atom stereocenters. The maximum absolute atomic E-state index is 3.87. The zero-order valence-electron chi connectivity index (χ0n) is 10.3. The third-order valence-electron chi connectivity index (χ3n) is 3.07. The topological polar surface area (TPSA) is 0 Å². The van der Waals surface area contributed by atoms with Gasteiger partial charge in [-0.25, -0.2) is 0 Å². The van der Waals surface area contributed by atoms with Crippen molar-refractivity contribution in [3.05, 3.63) is 77.4 Å². The van der Waals surface area contributed by atoms with E-state index >= 15 is 0 Å². The van der Waals surface area contributed by atoms with Crippen LogP contribution in [0.25, 0.3) is 6.08 Å². The van der Waals surface area contributed by atoms with E-state index in [0.29, 0.717) is 0 Å². The molecule has 0 amide bonds. The van der Waals surface area contributed by atoms with Crippen LogP contribution in [0.5, 0.6) is 0 Å². The Labute approximate surface area is 104 Å². The second-order valence-corrected chi connectivity index (χ2v) is 4.25. The molecule has 2 aromatic carbocycles. The van der Waals surface area contributed by atoms with Gasteiger partial charge >= 0.3 is 0 Å². The summed E-state index contributed by atoms with van der Waals surface area (Å²) in [4.78, 5) is 0. The summed E-state index contributed by atoms with van der Waals surface area (Å²) < 4.78 is 0. The van der Waals surface area contributed by atoms with Crippen LogP contribution in [0, 0.1) is 0 Å². The fraction of sp³-hybridized carbons (Fsp3) is 0.176. The van der Waals surface area contributed by atoms with Gasteiger partial charge in [-0.3, -0.25) is 0 Å². The van der Waals surface area contributed by atoms with Crippen molar-refractivity contribution in [1.29, 1.82) is 0 Å². The van der Waals surface area contributed by atoms with Crippen LogP contribution in [0.3, 0.4) is 0 Å². The minimum absolute atomic E-state index is 0.982. The molecule has 0 spiro atoms. The molecule has 0 N–H and O–H groups in total. The summed E-state index contributed by atoms with van der Waals surface area (Å²) in [5.74, 6) is 0. The molecule has 2 aromatic rings. The molecule has 0 aliphatic rings. The molecule has 2 rings (SSSR count). The van der Waals surface area contributed by atoms with Crippen molar-refractivity contribution in [2.45, 2.75) is 19.8 Å². The number of hydrogen-bond donors (Lipinski definition) is 0. The lowest BCUT2D eigenvalue weighted by molar-refractivity contribution is 1.11. The molecule has 0 unspecified atom stereocenters. The average molecular weight is 222 g/mol. The zero-order chi connectivity index (χ0) is 12.1. The number of rotatable bonds is 4. The Morgan fingerprint density at radius 2 is 1.76 bits per heavy atom. The van der Waals surface area contributed by atoms with Crippen molar-refractivity contribution in [3.63, 3.8) is 0 Å². The molecule has 0 aliphatic heterocycles. The SMILES string of the molecule is C=Cc1ccccc1Cc1cccc(CC)c1. The lowest BCUT2D eigenvalue weighted by Gasteiger charge is -2.07. The quantitative estimate of drug-likeness (QED) is 0.715. The maximum Gasteiger partial charge on any atom is -0.00197 e. The number of aryl methyl sites for hydroxylation is 1. The summed E-state index contributed by atoms with van der Waals surface area (Å²) in [6.07, 6.45) is 4.01. The van der Waals surface area contributed by atoms with Gasteiger partial charge in [0.05, 0.1) is 0 Å². The minimum atomic E-state index is 0.982. The fourth-order valence-electron chi connectivity index (χ4n) is 2.07. The van der Waals surface area contributed by atoms with Crippen molar-refractivity contribution >= 4 is 6.08 Å². The predicted molar refractivity (Wildman–Crippen MR) is 75.2 cm³/mol. The van der Waals surface area contributed by atoms with E-state index in [1.54, 1.807) is 0 Å². The molecule has 0 heteroatoms. The molecule has 17 heavy (non-hydrogen) atoms. The van der Waals surface area contributed by atoms with Crippen LogP contribution in [-0.2, 0) is 12.8 Å². The monoisotopic (exact) mass is 222 g/mol. The first-order chi connectivity index (χ1) is 8.33. The highest BCUT2D eigenvalue weighted by Gasteiger charge is 2.00. The summed E-state index contributed by atoms with van der Waals surface area (Å²) in [6.45, 7) is 6.06. The van der Waals surface area contributed by atoms with Gasteiger partial charge in [-0.2, -0.15) is 0 Å². The number of benzene rings is 2. The summed E-state index contributed by atoms with van der Waals surface area (Å²) in [5.41, 5.74) is 5.35. The van der Waals surface area contributed by atoms with Crippen molar-refractivity contribution in [2.75, 3.05) is 0 Å². The van der Waals surface area contributed by atoms with Gasteiger partial charge in [0.1, 0.15) is 0 Å². The Morgan fingerprint density at radius 3 is 2.53 bits per heavy atom. The van der Waals surface area contributed by atoms with Crippen LogP contribution in [0.4, 0.5) is 0 Å². The highest BCUT2D eigenvalue weighted by Crippen LogP contribution is 2.16. The van der Waals surface area contributed by atoms with Gasteiger partial charge in [0.15, 0.2) is 0 Å². The lowest BCUT2D eigenvalue weighted by Crippen LogP contribution is -1.92. The molecule has 86 valence electrons. The zero-order valence-corrected chi connectivity index (χ0v) is 10.3. The fourth-order valence-corrected chi connectivity index (χ4v) is 2.07. The van der Waals surface area contributed by atoms with Gasteiger partial charge in [-0.05, 0) is 35.1 Å². The van der Waals surface area contributed by atoms with Gasteiger partial charge in [0, 0.05) is 0 Å². The first-order valence-corrected chi connectivity index (χ1v) is 6.11. The summed E-state index contributed by atoms with van der Waals surface area (Å²) in [6, 6.07) is 17.3. The molecule has 0 heterocycles. The average Bonchev–Trinajstić information content (AvgIpc) is 2.39. The summed E-state index contributed by atoms with van der Waals surface area (Å²) >= 11 is 0. The van der Waals surface area contributed by atoms with Crippen molar-refractivity contribution in [2.24, 2.45) is 0 Å². The molecular weight excluding hydrogens is 204 g/mol. The van der Waals surface area contributed by atoms with Crippen LogP contribution < -0.4 is 0 Å². The summed E-state index contributed by atoms with van der Waals surface area (Å²) in [7, 11) is 0. The Kier molecular flexibility index (Phi) is 3.77. The van der Waals surface area contributed by atoms with Gasteiger partial charge in [-0.1, -0.05) is 68.1 Å². The highest BCUT2D eigenvalue weighted by molar-refractivity contribution is 5.52. The van der Waals surface area contributed by atoms with E-state index in [4.69, 9.17) is 0 Å². The molecule has 0 saturated carbocycles. The van der Waals surface area contributed by atoms with Crippen LogP contribution >= 0.6 is 0 Å². The standard InChI is InChI=1S/C17H18/c1-3-14-8-7-9-15(12-14)13-17-11-6-5-10-16(17)4-2/h4-12H,2-3,13H2,1H3. The second kappa shape index (κ2) is 5.49. The molecule has 0 saturated heterocycles. The molecule has 0 bridgehead atoms. The maximum atomic E-state index is 3.87. The smallest absolute Gasteiger partial charge is 0.00197 e. The van der Waals surface area contributed by atoms with Gasteiger partial charge in [0.2, 0.25) is 0 Å². The molecule has 0 aliphatic carbocycles. The Hall–Kier alpha value is -1.82. The van der Waals surface area contributed by atoms with Crippen molar-refractivity contribution in [3.8, 4) is 0 Å². The van der Waals surface area contributed by atoms with E-state index in [9.17, 15) is 0 Å². The van der Waals surface area contributed by atoms with Crippen LogP contribution in [-0.4, -0.2) is 0 Å². The molecule has 0 aromatic heterocycles. The largest absolute Gasteiger partial charge is 0.0985 e. The molecule has 0 fully saturated rings. The van der Waals surface area contributed by atoms with E-state index < -0.39 is 0 Å². The Balaban J connectivity index is 2.27. The van der Waals surface area contributed by atoms with E-state index in [0.717, 1.165) is 12.8 Å². The lowest BCUT2D eigenvalue weighted by atomic mass is 9.98. The van der Waals surface area contributed by atoms with Crippen LogP contribution in [0.2, 0.25) is 0 Å². The number of hydrogen-bond acceptors (Lipinski definition) is 0. The van der Waals surface area contributed by atoms with E-state index in [1.165, 1.54) is 22.3 Å². The molecular formula is C17H18. The van der Waals surface area contributed by atoms with Gasteiger partial charge < -0.3 is 0 Å². The van der Waals surface area contributed by atoms with E-state index in [-0.39, 0.29) is 0 Å². The third kappa shape index (κ3) is 2.85. The van der Waals surface area contributed by atoms with E-state index in [2.05, 4.69) is 62.0 Å². The third-order valence-corrected chi connectivity index (χ3v) is 3.07. The van der Waals surface area contributed by atoms with Crippen LogP contribution in [0.1, 0.15) is 29.2 Å². The van der Waals surface area contributed by atoms with Crippen LogP contribution in [0.15, 0.2) is 55.1 Å². The first-order valence-electron chi connectivity index (χ1n) is 6.11. The van der Waals surface area contributed by atoms with E-state index in [1.807, 2.05) is 6.08 Å². The normalized spacial score (nSPS) is 10.2. The van der Waals surface area contributed by atoms with Gasteiger partial charge in [-0.15, -0.1) is 0 Å². The first kappa shape index (κ1) is 11.7. The van der Waals surface area contributed by atoms with Crippen molar-refractivity contribution < 1.29 is 0 Å². The summed E-state index contributed by atoms with van der Waals surface area (Å²) in [5, 5.41) is 0. The predicted octanol–water partition coefficient (Wildman–Crippen LogP) is 4.48. The molecule has 0 nitrogen and oxygen atoms in total.